The molecule has 4 aromatic carbocycles. The third kappa shape index (κ3) is 11.1. The van der Waals surface area contributed by atoms with Crippen molar-refractivity contribution in [1.82, 2.24) is 4.90 Å². The van der Waals surface area contributed by atoms with Crippen molar-refractivity contribution in [3.05, 3.63) is 130 Å². The fourth-order valence-corrected chi connectivity index (χ4v) is 7.42. The van der Waals surface area contributed by atoms with Gasteiger partial charge in [0.05, 0.1) is 26.4 Å². The molecule has 56 heavy (non-hydrogen) atoms. The molecule has 1 heterocycles. The maximum Gasteiger partial charge on any atom is 1.00 e. The average molecular weight is 873 g/mol. The normalized spacial score (nSPS) is 13.8. The van der Waals surface area contributed by atoms with Crippen LogP contribution in [0.15, 0.2) is 79.1 Å². The van der Waals surface area contributed by atoms with Gasteiger partial charge < -0.3 is 45.7 Å². The maximum absolute atomic E-state index is 6.79. The molecule has 1 radical (unpaired) electrons. The molecule has 6 rings (SSSR count). The average Bonchev–Trinajstić information content (AvgIpc) is 3.64. The predicted octanol–water partition coefficient (Wildman–Crippen LogP) is 8.28. The standard InChI is InChI=1S/C48H61N2O4.BrH.Cu/c1-7-23-51-45-36-15-12-16-37(45)28-39-18-14-20-41(47(39)53-25-9-3)30-43-32-44(50-22-21-49(34-50)33-35(6)11-5)31-42(48(43)54-26-10-4)29-40-19-13-17-38(27-36)46(40)52-24-8-2;;/h12-22,31-32,34-35H,7-11,23-30,33H2,1-6H3;1H;/q;;+1/p-1/t35-;;/m0../s1. The Balaban J connectivity index is 0.00000348. The number of hydrogen-bond donors (Lipinski definition) is 0. The van der Waals surface area contributed by atoms with Gasteiger partial charge in [-0.05, 0) is 77.1 Å². The van der Waals surface area contributed by atoms with Gasteiger partial charge in [0.15, 0.2) is 0 Å². The summed E-state index contributed by atoms with van der Waals surface area (Å²) in [5.74, 6) is 4.49. The van der Waals surface area contributed by atoms with E-state index in [-0.39, 0.29) is 34.1 Å². The summed E-state index contributed by atoms with van der Waals surface area (Å²) < 4.78 is 26.8. The molecule has 1 aliphatic heterocycles. The molecule has 0 saturated carbocycles. The van der Waals surface area contributed by atoms with Crippen molar-refractivity contribution in [2.75, 3.05) is 37.9 Å². The van der Waals surface area contributed by atoms with Crippen LogP contribution in [0.3, 0.4) is 0 Å². The Kier molecular flexibility index (Phi) is 18.0. The van der Waals surface area contributed by atoms with E-state index in [9.17, 15) is 0 Å². The van der Waals surface area contributed by atoms with Crippen LogP contribution in [0.4, 0.5) is 5.69 Å². The minimum Gasteiger partial charge on any atom is -1.00 e. The van der Waals surface area contributed by atoms with Gasteiger partial charge in [0.25, 0.3) is 0 Å². The number of benzene rings is 4. The van der Waals surface area contributed by atoms with E-state index in [1.54, 1.807) is 0 Å². The molecule has 0 aromatic heterocycles. The zero-order valence-corrected chi connectivity index (χ0v) is 36.8. The molecule has 8 heteroatoms. The van der Waals surface area contributed by atoms with Crippen molar-refractivity contribution in [3.63, 3.8) is 0 Å². The zero-order chi connectivity index (χ0) is 37.9. The molecule has 0 N–H and O–H groups in total. The number of anilines is 1. The van der Waals surface area contributed by atoms with Gasteiger partial charge >= 0.3 is 17.1 Å². The van der Waals surface area contributed by atoms with Crippen LogP contribution in [-0.2, 0) is 42.8 Å². The molecule has 1 aliphatic carbocycles. The van der Waals surface area contributed by atoms with E-state index in [0.29, 0.717) is 58.0 Å². The fraction of sp³-hybridized carbons (Fsp3) is 0.438. The first-order valence-corrected chi connectivity index (χ1v) is 20.5. The third-order valence-electron chi connectivity index (χ3n) is 10.3. The minimum atomic E-state index is 0. The minimum absolute atomic E-state index is 0. The Morgan fingerprint density at radius 1 is 0.518 bits per heavy atom. The molecule has 6 nitrogen and oxygen atoms in total. The monoisotopic (exact) mass is 871 g/mol. The van der Waals surface area contributed by atoms with Gasteiger partial charge in [-0.3, -0.25) is 0 Å². The molecule has 0 unspecified atom stereocenters. The molecule has 4 aromatic rings. The number of ether oxygens (including phenoxy) is 4. The first-order valence-electron chi connectivity index (χ1n) is 20.5. The van der Waals surface area contributed by atoms with Gasteiger partial charge in [0.1, 0.15) is 29.7 Å². The Hall–Kier alpha value is -3.58. The van der Waals surface area contributed by atoms with E-state index in [1.165, 1.54) is 22.3 Å². The van der Waals surface area contributed by atoms with Crippen LogP contribution in [0, 0.1) is 12.6 Å². The van der Waals surface area contributed by atoms with Crippen molar-refractivity contribution < 1.29 is 53.0 Å². The summed E-state index contributed by atoms with van der Waals surface area (Å²) in [4.78, 5) is 4.57. The van der Waals surface area contributed by atoms with Crippen molar-refractivity contribution >= 4 is 5.69 Å². The predicted molar refractivity (Wildman–Crippen MR) is 222 cm³/mol. The van der Waals surface area contributed by atoms with Gasteiger partial charge in [0, 0.05) is 61.4 Å². The topological polar surface area (TPSA) is 43.4 Å². The number of para-hydroxylation sites is 3. The van der Waals surface area contributed by atoms with E-state index in [0.717, 1.165) is 89.6 Å². The third-order valence-corrected chi connectivity index (χ3v) is 10.3. The zero-order valence-electron chi connectivity index (χ0n) is 34.3. The van der Waals surface area contributed by atoms with Crippen molar-refractivity contribution in [1.29, 1.82) is 0 Å². The molecule has 0 saturated heterocycles. The molecule has 2 aliphatic rings. The van der Waals surface area contributed by atoms with Crippen LogP contribution in [0.5, 0.6) is 23.0 Å². The van der Waals surface area contributed by atoms with Crippen LogP contribution in [0.1, 0.15) is 118 Å². The van der Waals surface area contributed by atoms with Crippen molar-refractivity contribution in [2.45, 2.75) is 99.3 Å². The van der Waals surface area contributed by atoms with E-state index in [2.05, 4.69) is 137 Å². The molecule has 305 valence electrons. The summed E-state index contributed by atoms with van der Waals surface area (Å²) in [6, 6.07) is 24.5. The Morgan fingerprint density at radius 3 is 1.20 bits per heavy atom. The van der Waals surface area contributed by atoms with Gasteiger partial charge in [-0.25, -0.2) is 0 Å². The Bertz CT molecular complexity index is 1780. The summed E-state index contributed by atoms with van der Waals surface area (Å²) >= 11 is 0. The Labute approximate surface area is 358 Å². The molecule has 0 spiro atoms. The first kappa shape index (κ1) is 45.1. The van der Waals surface area contributed by atoms with Gasteiger partial charge in [-0.2, -0.15) is 0 Å². The van der Waals surface area contributed by atoms with Crippen molar-refractivity contribution in [2.24, 2.45) is 5.92 Å². The molecular formula is C48H61BrCuN2O4. The largest absolute Gasteiger partial charge is 1.00 e. The van der Waals surface area contributed by atoms with Gasteiger partial charge in [-0.1, -0.05) is 103 Å². The number of rotatable bonds is 16. The molecule has 0 fully saturated rings. The van der Waals surface area contributed by atoms with Gasteiger partial charge in [-0.15, -0.1) is 0 Å². The van der Waals surface area contributed by atoms with Gasteiger partial charge in [0.2, 0.25) is 0 Å². The van der Waals surface area contributed by atoms with E-state index < -0.39 is 0 Å². The maximum atomic E-state index is 6.79. The quantitative estimate of drug-likeness (QED) is 0.0932. The summed E-state index contributed by atoms with van der Waals surface area (Å²) in [6.07, 6.45) is 12.0. The second-order valence-corrected chi connectivity index (χ2v) is 14.9. The van der Waals surface area contributed by atoms with E-state index >= 15 is 0 Å². The summed E-state index contributed by atoms with van der Waals surface area (Å²) in [6.45, 7) is 19.1. The Morgan fingerprint density at radius 2 is 0.857 bits per heavy atom. The summed E-state index contributed by atoms with van der Waals surface area (Å²) in [5.41, 5.74) is 10.5. The number of fused-ring (bicyclic) bond motifs is 8. The second kappa shape index (κ2) is 22.4. The van der Waals surface area contributed by atoms with E-state index in [1.807, 2.05) is 0 Å². The van der Waals surface area contributed by atoms with Crippen LogP contribution >= 0.6 is 0 Å². The molecule has 8 bridgehead atoms. The van der Waals surface area contributed by atoms with Crippen molar-refractivity contribution in [3.8, 4) is 23.0 Å². The van der Waals surface area contributed by atoms with Crippen LogP contribution in [0.25, 0.3) is 0 Å². The summed E-state index contributed by atoms with van der Waals surface area (Å²) in [7, 11) is 0. The number of hydrogen-bond acceptors (Lipinski definition) is 6. The smallest absolute Gasteiger partial charge is 1.00 e. The first-order chi connectivity index (χ1) is 26.5. The summed E-state index contributed by atoms with van der Waals surface area (Å²) in [5, 5.41) is 0. The molecular weight excluding hydrogens is 812 g/mol. The second-order valence-electron chi connectivity index (χ2n) is 14.9. The van der Waals surface area contributed by atoms with Crippen LogP contribution < -0.4 is 40.8 Å². The van der Waals surface area contributed by atoms with E-state index in [4.69, 9.17) is 18.9 Å². The van der Waals surface area contributed by atoms with Crippen LogP contribution in [-0.4, -0.2) is 37.9 Å². The molecule has 1 atom stereocenters. The number of halogens is 1. The molecule has 0 amide bonds. The SMILES string of the molecule is CCCOc1c2cccc1Cc1cccc(c1OCCC)Cc1cc(N3[CH]N(C[C@@H](C)CC)C=C3)cc(c1OCCC)Cc1cccc(c1OCCC)C2.[Br-].[Cu+]. The number of nitrogens with zero attached hydrogens (tertiary/aromatic N) is 2. The van der Waals surface area contributed by atoms with Crippen LogP contribution in [0.2, 0.25) is 0 Å². The fourth-order valence-electron chi connectivity index (χ4n) is 7.42.